The molecular weight excluding hydrogens is 292 g/mol. The molecule has 0 bridgehead atoms. The van der Waals surface area contributed by atoms with Crippen LogP contribution in [0.3, 0.4) is 0 Å². The molecule has 7 nitrogen and oxygen atoms in total. The van der Waals surface area contributed by atoms with Crippen LogP contribution < -0.4 is 15.8 Å². The minimum atomic E-state index is -3.46. The van der Waals surface area contributed by atoms with Crippen molar-refractivity contribution in [3.8, 4) is 0 Å². The summed E-state index contributed by atoms with van der Waals surface area (Å²) in [4.78, 5) is 2.30. The fourth-order valence-corrected chi connectivity index (χ4v) is 2.47. The number of sulfonamides is 1. The third-order valence-electron chi connectivity index (χ3n) is 3.09. The van der Waals surface area contributed by atoms with Crippen molar-refractivity contribution in [3.05, 3.63) is 18.2 Å². The van der Waals surface area contributed by atoms with Gasteiger partial charge >= 0.3 is 0 Å². The average Bonchev–Trinajstić information content (AvgIpc) is 2.46. The lowest BCUT2D eigenvalue weighted by Gasteiger charge is -2.17. The van der Waals surface area contributed by atoms with E-state index in [1.165, 1.54) is 19.2 Å². The summed E-state index contributed by atoms with van der Waals surface area (Å²) >= 11 is 0. The first-order valence-electron chi connectivity index (χ1n) is 6.65. The molecule has 1 aromatic carbocycles. The molecule has 0 aromatic heterocycles. The van der Waals surface area contributed by atoms with Crippen LogP contribution in [-0.2, 0) is 14.8 Å². The maximum Gasteiger partial charge on any atom is 0.240 e. The fourth-order valence-electron chi connectivity index (χ4n) is 1.71. The van der Waals surface area contributed by atoms with E-state index < -0.39 is 10.0 Å². The molecule has 0 radical (unpaired) electrons. The number of methoxy groups -OCH3 is 1. The highest BCUT2D eigenvalue weighted by molar-refractivity contribution is 7.89. The zero-order valence-electron chi connectivity index (χ0n) is 12.7. The number of hydrogen-bond acceptors (Lipinski definition) is 6. The average molecular weight is 316 g/mol. The molecule has 0 aliphatic heterocycles. The van der Waals surface area contributed by atoms with Gasteiger partial charge in [-0.1, -0.05) is 0 Å². The Bertz CT molecular complexity index is 548. The van der Waals surface area contributed by atoms with Gasteiger partial charge in [0, 0.05) is 26.7 Å². The molecule has 0 unspecified atom stereocenters. The minimum absolute atomic E-state index is 0.189. The molecule has 120 valence electrons. The highest BCUT2D eigenvalue weighted by atomic mass is 32.2. The molecule has 4 N–H and O–H groups in total. The Morgan fingerprint density at radius 3 is 2.67 bits per heavy atom. The lowest BCUT2D eigenvalue weighted by Crippen LogP contribution is -2.28. The van der Waals surface area contributed by atoms with Crippen molar-refractivity contribution < 1.29 is 13.2 Å². The van der Waals surface area contributed by atoms with Crippen LogP contribution in [0.2, 0.25) is 0 Å². The van der Waals surface area contributed by atoms with Gasteiger partial charge < -0.3 is 20.7 Å². The number of nitrogens with zero attached hydrogens (tertiary/aromatic N) is 1. The molecule has 21 heavy (non-hydrogen) atoms. The van der Waals surface area contributed by atoms with Gasteiger partial charge in [-0.05, 0) is 32.3 Å². The van der Waals surface area contributed by atoms with E-state index in [1.54, 1.807) is 13.2 Å². The Kier molecular flexibility index (Phi) is 6.90. The standard InChI is InChI=1S/C13H24N4O3S/c1-15-21(18,19)11-4-5-12(14)13(10-11)16-6-7-17(2)8-9-20-3/h4-5,10,15-16H,6-9,14H2,1-3H3. The molecule has 8 heteroatoms. The van der Waals surface area contributed by atoms with E-state index in [9.17, 15) is 8.42 Å². The summed E-state index contributed by atoms with van der Waals surface area (Å²) in [5.41, 5.74) is 7.00. The Morgan fingerprint density at radius 1 is 1.33 bits per heavy atom. The monoisotopic (exact) mass is 316 g/mol. The Labute approximate surface area is 126 Å². The van der Waals surface area contributed by atoms with Gasteiger partial charge in [-0.2, -0.15) is 0 Å². The van der Waals surface area contributed by atoms with Crippen LogP contribution in [0.1, 0.15) is 0 Å². The first-order chi connectivity index (χ1) is 9.90. The van der Waals surface area contributed by atoms with Crippen LogP contribution >= 0.6 is 0 Å². The van der Waals surface area contributed by atoms with E-state index in [4.69, 9.17) is 10.5 Å². The number of rotatable bonds is 9. The third-order valence-corrected chi connectivity index (χ3v) is 4.50. The number of nitrogens with one attached hydrogen (secondary N) is 2. The van der Waals surface area contributed by atoms with Crippen LogP contribution in [0, 0.1) is 0 Å². The summed E-state index contributed by atoms with van der Waals surface area (Å²) in [5.74, 6) is 0. The van der Waals surface area contributed by atoms with Gasteiger partial charge in [0.05, 0.1) is 22.9 Å². The summed E-state index contributed by atoms with van der Waals surface area (Å²) in [6, 6.07) is 4.61. The predicted molar refractivity (Wildman–Crippen MR) is 85.0 cm³/mol. The molecular formula is C13H24N4O3S. The first kappa shape index (κ1) is 17.7. The number of nitrogen functional groups attached to an aromatic ring is 1. The van der Waals surface area contributed by atoms with Crippen molar-refractivity contribution in [2.75, 3.05) is 58.5 Å². The normalized spacial score (nSPS) is 11.8. The largest absolute Gasteiger partial charge is 0.397 e. The number of anilines is 2. The van der Waals surface area contributed by atoms with E-state index >= 15 is 0 Å². The molecule has 0 amide bonds. The van der Waals surface area contributed by atoms with Crippen molar-refractivity contribution in [3.63, 3.8) is 0 Å². The van der Waals surface area contributed by atoms with Crippen LogP contribution in [0.5, 0.6) is 0 Å². The molecule has 0 atom stereocenters. The highest BCUT2D eigenvalue weighted by Crippen LogP contribution is 2.22. The van der Waals surface area contributed by atoms with Gasteiger partial charge in [0.15, 0.2) is 0 Å². The van der Waals surface area contributed by atoms with E-state index in [1.807, 2.05) is 7.05 Å². The van der Waals surface area contributed by atoms with E-state index in [0.717, 1.165) is 13.1 Å². The molecule has 0 heterocycles. The topological polar surface area (TPSA) is 96.7 Å². The van der Waals surface area contributed by atoms with Crippen LogP contribution in [-0.4, -0.2) is 60.8 Å². The molecule has 0 saturated heterocycles. The molecule has 1 rings (SSSR count). The zero-order valence-corrected chi connectivity index (χ0v) is 13.5. The molecule has 0 fully saturated rings. The van der Waals surface area contributed by atoms with Gasteiger partial charge in [0.2, 0.25) is 10.0 Å². The van der Waals surface area contributed by atoms with Crippen LogP contribution in [0.4, 0.5) is 11.4 Å². The second-order valence-corrected chi connectivity index (χ2v) is 6.57. The molecule has 0 saturated carbocycles. The van der Waals surface area contributed by atoms with Crippen molar-refractivity contribution in [2.24, 2.45) is 0 Å². The van der Waals surface area contributed by atoms with Crippen molar-refractivity contribution in [1.82, 2.24) is 9.62 Å². The van der Waals surface area contributed by atoms with Gasteiger partial charge in [0.1, 0.15) is 0 Å². The molecule has 0 spiro atoms. The van der Waals surface area contributed by atoms with Gasteiger partial charge in [-0.15, -0.1) is 0 Å². The summed E-state index contributed by atoms with van der Waals surface area (Å²) in [5, 5.41) is 3.16. The molecule has 1 aromatic rings. The highest BCUT2D eigenvalue weighted by Gasteiger charge is 2.13. The Hall–Kier alpha value is -1.35. The van der Waals surface area contributed by atoms with Gasteiger partial charge in [0.25, 0.3) is 0 Å². The number of nitrogens with two attached hydrogens (primary N) is 1. The maximum absolute atomic E-state index is 11.8. The second kappa shape index (κ2) is 8.18. The van der Waals surface area contributed by atoms with Crippen LogP contribution in [0.25, 0.3) is 0 Å². The minimum Gasteiger partial charge on any atom is -0.397 e. The lowest BCUT2D eigenvalue weighted by atomic mass is 10.2. The number of likely N-dealkylation sites (N-methyl/N-ethyl adjacent to an activating group) is 1. The van der Waals surface area contributed by atoms with Crippen molar-refractivity contribution in [1.29, 1.82) is 0 Å². The third kappa shape index (κ3) is 5.50. The predicted octanol–water partition coefficient (Wildman–Crippen LogP) is 0.167. The first-order valence-corrected chi connectivity index (χ1v) is 8.13. The van der Waals surface area contributed by atoms with E-state index in [0.29, 0.717) is 24.5 Å². The van der Waals surface area contributed by atoms with Crippen molar-refractivity contribution >= 4 is 21.4 Å². The fraction of sp³-hybridized carbons (Fsp3) is 0.538. The summed E-state index contributed by atoms with van der Waals surface area (Å²) in [6.07, 6.45) is 0. The smallest absolute Gasteiger partial charge is 0.240 e. The van der Waals surface area contributed by atoms with Crippen molar-refractivity contribution in [2.45, 2.75) is 4.90 Å². The maximum atomic E-state index is 11.8. The SMILES string of the molecule is CNS(=O)(=O)c1ccc(N)c(NCCN(C)CCOC)c1. The second-order valence-electron chi connectivity index (χ2n) is 4.68. The van der Waals surface area contributed by atoms with Crippen LogP contribution in [0.15, 0.2) is 23.1 Å². The lowest BCUT2D eigenvalue weighted by molar-refractivity contribution is 0.163. The zero-order chi connectivity index (χ0) is 15.9. The molecule has 0 aliphatic carbocycles. The number of ether oxygens (including phenoxy) is 1. The van der Waals surface area contributed by atoms with E-state index in [2.05, 4.69) is 14.9 Å². The van der Waals surface area contributed by atoms with Gasteiger partial charge in [-0.25, -0.2) is 13.1 Å². The quantitative estimate of drug-likeness (QED) is 0.562. The van der Waals surface area contributed by atoms with E-state index in [-0.39, 0.29) is 4.90 Å². The summed E-state index contributed by atoms with van der Waals surface area (Å²) in [6.45, 7) is 2.97. The summed E-state index contributed by atoms with van der Waals surface area (Å²) < 4.78 is 30.8. The number of hydrogen-bond donors (Lipinski definition) is 3. The Morgan fingerprint density at radius 2 is 2.05 bits per heavy atom. The number of benzene rings is 1. The van der Waals surface area contributed by atoms with Gasteiger partial charge in [-0.3, -0.25) is 0 Å². The Balaban J connectivity index is 2.65. The molecule has 0 aliphatic rings. The summed E-state index contributed by atoms with van der Waals surface area (Å²) in [7, 11) is 1.57.